The van der Waals surface area contributed by atoms with Gasteiger partial charge in [0.05, 0.1) is 7.11 Å². The van der Waals surface area contributed by atoms with Crippen LogP contribution in [-0.2, 0) is 4.74 Å². The zero-order valence-corrected chi connectivity index (χ0v) is 8.24. The molecule has 0 spiro atoms. The average molecular weight is 233 g/mol. The van der Waals surface area contributed by atoms with Gasteiger partial charge in [0.15, 0.2) is 0 Å². The minimum atomic E-state index is -0.386. The van der Waals surface area contributed by atoms with Crippen molar-refractivity contribution in [2.45, 2.75) is 0 Å². The molecule has 1 aliphatic heterocycles. The summed E-state index contributed by atoms with van der Waals surface area (Å²) in [5, 5.41) is 0.707. The fourth-order valence-corrected chi connectivity index (χ4v) is 1.13. The molecular weight excluding hydrogens is 224 g/mol. The van der Waals surface area contributed by atoms with Crippen molar-refractivity contribution in [3.8, 4) is 0 Å². The normalized spacial score (nSPS) is 15.8. The number of halogens is 1. The summed E-state index contributed by atoms with van der Waals surface area (Å²) in [6.07, 6.45) is 3.05. The van der Waals surface area contributed by atoms with Gasteiger partial charge in [0.25, 0.3) is 0 Å². The molecule has 1 amide bonds. The van der Waals surface area contributed by atoms with Crippen LogP contribution in [0.25, 0.3) is 0 Å². The van der Waals surface area contributed by atoms with Crippen LogP contribution >= 0.6 is 15.9 Å². The molecule has 0 aliphatic carbocycles. The number of carbonyl (C=O) groups is 1. The third-order valence-electron chi connectivity index (χ3n) is 1.42. The lowest BCUT2D eigenvalue weighted by Crippen LogP contribution is -2.28. The maximum Gasteiger partial charge on any atom is 0.415 e. The first-order valence-corrected chi connectivity index (χ1v) is 4.52. The van der Waals surface area contributed by atoms with E-state index in [2.05, 4.69) is 25.7 Å². The van der Waals surface area contributed by atoms with Crippen LogP contribution in [0, 0.1) is 0 Å². The first kappa shape index (κ1) is 9.25. The van der Waals surface area contributed by atoms with Crippen molar-refractivity contribution >= 4 is 27.7 Å². The molecule has 0 fully saturated rings. The van der Waals surface area contributed by atoms with E-state index in [0.717, 1.165) is 5.71 Å². The first-order valence-electron chi connectivity index (χ1n) is 3.40. The molecule has 0 aromatic heterocycles. The van der Waals surface area contributed by atoms with E-state index < -0.39 is 0 Å². The number of hydrogen-bond acceptors (Lipinski definition) is 3. The summed E-state index contributed by atoms with van der Waals surface area (Å²) in [4.78, 5) is 16.4. The maximum atomic E-state index is 10.9. The highest BCUT2D eigenvalue weighted by Gasteiger charge is 2.12. The highest BCUT2D eigenvalue weighted by Crippen LogP contribution is 2.03. The molecule has 0 radical (unpaired) electrons. The lowest BCUT2D eigenvalue weighted by molar-refractivity contribution is 0.140. The van der Waals surface area contributed by atoms with Gasteiger partial charge < -0.3 is 4.74 Å². The Morgan fingerprint density at radius 2 is 2.67 bits per heavy atom. The second-order valence-corrected chi connectivity index (χ2v) is 2.74. The number of aliphatic imine (C=N–C) groups is 1. The van der Waals surface area contributed by atoms with Gasteiger partial charge in [-0.2, -0.15) is 0 Å². The third-order valence-corrected chi connectivity index (χ3v) is 1.99. The van der Waals surface area contributed by atoms with E-state index in [9.17, 15) is 4.79 Å². The Balaban J connectivity index is 2.53. The zero-order chi connectivity index (χ0) is 8.97. The monoisotopic (exact) mass is 232 g/mol. The van der Waals surface area contributed by atoms with Gasteiger partial charge in [-0.25, -0.2) is 4.79 Å². The molecule has 12 heavy (non-hydrogen) atoms. The van der Waals surface area contributed by atoms with Gasteiger partial charge in [-0.15, -0.1) is 0 Å². The highest BCUT2D eigenvalue weighted by molar-refractivity contribution is 9.09. The molecule has 0 saturated heterocycles. The third kappa shape index (κ3) is 2.07. The summed E-state index contributed by atoms with van der Waals surface area (Å²) in [7, 11) is 1.35. The predicted molar refractivity (Wildman–Crippen MR) is 49.5 cm³/mol. The molecule has 1 rings (SSSR count). The van der Waals surface area contributed by atoms with Gasteiger partial charge in [0, 0.05) is 17.2 Å². The summed E-state index contributed by atoms with van der Waals surface area (Å²) >= 11 is 3.27. The number of hydrogen-bond donors (Lipinski definition) is 0. The number of methoxy groups -OCH3 is 1. The highest BCUT2D eigenvalue weighted by atomic mass is 79.9. The smallest absolute Gasteiger partial charge is 0.415 e. The molecule has 0 aromatic carbocycles. The number of allylic oxidation sites excluding steroid dienone is 1. The van der Waals surface area contributed by atoms with Crippen molar-refractivity contribution in [3.63, 3.8) is 0 Å². The predicted octanol–water partition coefficient (Wildman–Crippen LogP) is 1.38. The fraction of sp³-hybridized carbons (Fsp3) is 0.429. The van der Waals surface area contributed by atoms with E-state index in [0.29, 0.717) is 12.0 Å². The van der Waals surface area contributed by atoms with E-state index in [1.54, 1.807) is 12.3 Å². The lowest BCUT2D eigenvalue weighted by Gasteiger charge is -2.17. The van der Waals surface area contributed by atoms with Crippen LogP contribution in [0.3, 0.4) is 0 Å². The fourth-order valence-electron chi connectivity index (χ4n) is 0.766. The number of carbonyl (C=O) groups excluding carboxylic acids is 1. The van der Waals surface area contributed by atoms with Gasteiger partial charge in [-0.05, 0) is 6.08 Å². The van der Waals surface area contributed by atoms with Crippen LogP contribution in [0.5, 0.6) is 0 Å². The molecule has 1 heterocycles. The van der Waals surface area contributed by atoms with Crippen LogP contribution in [-0.4, -0.2) is 35.8 Å². The van der Waals surface area contributed by atoms with Crippen LogP contribution in [0.15, 0.2) is 17.3 Å². The topological polar surface area (TPSA) is 41.9 Å². The minimum Gasteiger partial charge on any atom is -0.452 e. The molecular formula is C7H9BrN2O2. The molecule has 0 N–H and O–H groups in total. The number of rotatable bonds is 1. The largest absolute Gasteiger partial charge is 0.452 e. The summed E-state index contributed by atoms with van der Waals surface area (Å²) in [6.45, 7) is 0.337. The standard InChI is InChI=1S/C7H9BrN2O2/c1-12-7(11)10-3-2-6(4-8)9-5-10/h2-3H,4-5H2,1H3. The van der Waals surface area contributed by atoms with E-state index in [1.165, 1.54) is 12.0 Å². The van der Waals surface area contributed by atoms with Crippen LogP contribution < -0.4 is 0 Å². The van der Waals surface area contributed by atoms with Crippen molar-refractivity contribution in [3.05, 3.63) is 12.3 Å². The van der Waals surface area contributed by atoms with E-state index in [-0.39, 0.29) is 6.09 Å². The lowest BCUT2D eigenvalue weighted by atomic mass is 10.4. The van der Waals surface area contributed by atoms with E-state index in [1.807, 2.05) is 0 Å². The molecule has 0 bridgehead atoms. The summed E-state index contributed by atoms with van der Waals surface area (Å²) < 4.78 is 4.51. The number of alkyl halides is 1. The van der Waals surface area contributed by atoms with E-state index in [4.69, 9.17) is 0 Å². The number of ether oxygens (including phenoxy) is 1. The van der Waals surface area contributed by atoms with Gasteiger partial charge >= 0.3 is 6.09 Å². The Kier molecular flexibility index (Phi) is 3.28. The van der Waals surface area contributed by atoms with Crippen molar-refractivity contribution in [2.75, 3.05) is 19.1 Å². The Morgan fingerprint density at radius 3 is 3.08 bits per heavy atom. The second-order valence-electron chi connectivity index (χ2n) is 2.18. The molecule has 66 valence electrons. The van der Waals surface area contributed by atoms with Crippen molar-refractivity contribution in [1.82, 2.24) is 4.90 Å². The summed E-state index contributed by atoms with van der Waals surface area (Å²) in [5.41, 5.74) is 0.926. The van der Waals surface area contributed by atoms with Crippen LogP contribution in [0.4, 0.5) is 4.79 Å². The summed E-state index contributed by atoms with van der Waals surface area (Å²) in [5.74, 6) is 0. The van der Waals surface area contributed by atoms with Crippen molar-refractivity contribution < 1.29 is 9.53 Å². The van der Waals surface area contributed by atoms with Crippen molar-refractivity contribution in [2.24, 2.45) is 4.99 Å². The van der Waals surface area contributed by atoms with Gasteiger partial charge in [-0.3, -0.25) is 9.89 Å². The molecule has 0 aromatic rings. The van der Waals surface area contributed by atoms with Crippen molar-refractivity contribution in [1.29, 1.82) is 0 Å². The zero-order valence-electron chi connectivity index (χ0n) is 6.66. The molecule has 0 saturated carbocycles. The Labute approximate surface area is 79.0 Å². The molecule has 0 unspecified atom stereocenters. The Hall–Kier alpha value is -0.840. The van der Waals surface area contributed by atoms with Crippen LogP contribution in [0.2, 0.25) is 0 Å². The Morgan fingerprint density at radius 1 is 1.92 bits per heavy atom. The van der Waals surface area contributed by atoms with Gasteiger partial charge in [0.2, 0.25) is 0 Å². The number of amides is 1. The minimum absolute atomic E-state index is 0.337. The van der Waals surface area contributed by atoms with Gasteiger partial charge in [-0.1, -0.05) is 15.9 Å². The average Bonchev–Trinajstić information content (AvgIpc) is 2.17. The SMILES string of the molecule is COC(=O)N1C=CC(CBr)=NC1. The van der Waals surface area contributed by atoms with E-state index >= 15 is 0 Å². The maximum absolute atomic E-state index is 10.9. The first-order chi connectivity index (χ1) is 5.77. The molecule has 0 atom stereocenters. The quantitative estimate of drug-likeness (QED) is 0.642. The molecule has 4 nitrogen and oxygen atoms in total. The number of nitrogens with zero attached hydrogens (tertiary/aromatic N) is 2. The van der Waals surface area contributed by atoms with Crippen LogP contribution in [0.1, 0.15) is 0 Å². The second kappa shape index (κ2) is 4.25. The van der Waals surface area contributed by atoms with Gasteiger partial charge in [0.1, 0.15) is 6.67 Å². The summed E-state index contributed by atoms with van der Waals surface area (Å²) in [6, 6.07) is 0. The molecule has 5 heteroatoms. The molecule has 1 aliphatic rings. The Bertz CT molecular complexity index is 238.